The van der Waals surface area contributed by atoms with Crippen LogP contribution in [-0.4, -0.2) is 34.3 Å². The lowest BCUT2D eigenvalue weighted by atomic mass is 10.1. The highest BCUT2D eigenvalue weighted by Crippen LogP contribution is 2.25. The van der Waals surface area contributed by atoms with Gasteiger partial charge in [0.15, 0.2) is 6.10 Å². The Balaban J connectivity index is 1.99. The molecule has 0 aliphatic rings. The Morgan fingerprint density at radius 3 is 2.57 bits per heavy atom. The van der Waals surface area contributed by atoms with Gasteiger partial charge in [-0.05, 0) is 39.0 Å². The first-order valence-electron chi connectivity index (χ1n) is 9.20. The Hall–Kier alpha value is -3.41. The molecule has 0 bridgehead atoms. The van der Waals surface area contributed by atoms with Crippen molar-refractivity contribution < 1.29 is 14.3 Å². The van der Waals surface area contributed by atoms with E-state index < -0.39 is 12.1 Å². The van der Waals surface area contributed by atoms with Gasteiger partial charge in [-0.1, -0.05) is 42.0 Å². The van der Waals surface area contributed by atoms with Gasteiger partial charge in [-0.15, -0.1) is 0 Å². The number of hydrogen-bond acceptors (Lipinski definition) is 4. The topological polar surface area (TPSA) is 73.2 Å². The lowest BCUT2D eigenvalue weighted by molar-refractivity contribution is -0.128. The van der Waals surface area contributed by atoms with Gasteiger partial charge in [0.2, 0.25) is 0 Å². The lowest BCUT2D eigenvalue weighted by Crippen LogP contribution is -2.35. The third-order valence-corrected chi connectivity index (χ3v) is 4.25. The van der Waals surface area contributed by atoms with E-state index in [9.17, 15) is 9.59 Å². The van der Waals surface area contributed by atoms with Gasteiger partial charge in [-0.2, -0.15) is 5.10 Å². The summed E-state index contributed by atoms with van der Waals surface area (Å²) in [6.07, 6.45) is 0.748. The maximum atomic E-state index is 12.8. The second-order valence-electron chi connectivity index (χ2n) is 6.48. The molecule has 0 radical (unpaired) electrons. The van der Waals surface area contributed by atoms with Crippen LogP contribution in [0.1, 0.15) is 29.8 Å². The number of aryl methyl sites for hydroxylation is 1. The van der Waals surface area contributed by atoms with Crippen molar-refractivity contribution in [1.82, 2.24) is 15.1 Å². The standard InChI is InChI=1S/C22H23N3O3/c1-4-23-21(26)16(3)28-22(27)19-14-25(18-11-6-5-7-12-18)24-20(19)17-10-8-9-15(2)13-17/h5-14,16H,4H2,1-3H3,(H,23,26)/t16-/m1/s1. The van der Waals surface area contributed by atoms with E-state index in [0.29, 0.717) is 17.8 Å². The van der Waals surface area contributed by atoms with E-state index >= 15 is 0 Å². The van der Waals surface area contributed by atoms with Crippen molar-refractivity contribution >= 4 is 11.9 Å². The molecule has 0 fully saturated rings. The highest BCUT2D eigenvalue weighted by Gasteiger charge is 2.24. The zero-order valence-corrected chi connectivity index (χ0v) is 16.2. The Bertz CT molecular complexity index is 980. The number of rotatable bonds is 6. The average Bonchev–Trinajstić information content (AvgIpc) is 3.14. The Morgan fingerprint density at radius 1 is 1.14 bits per heavy atom. The number of carbonyl (C=O) groups is 2. The van der Waals surface area contributed by atoms with Crippen LogP contribution in [0.4, 0.5) is 0 Å². The number of carbonyl (C=O) groups excluding carboxylic acids is 2. The molecule has 3 rings (SSSR count). The number of para-hydroxylation sites is 1. The molecule has 1 heterocycles. The van der Waals surface area contributed by atoms with Crippen LogP contribution >= 0.6 is 0 Å². The number of aromatic nitrogens is 2. The molecule has 0 spiro atoms. The van der Waals surface area contributed by atoms with Gasteiger partial charge in [0.05, 0.1) is 5.69 Å². The van der Waals surface area contributed by atoms with E-state index in [1.54, 1.807) is 17.8 Å². The summed E-state index contributed by atoms with van der Waals surface area (Å²) >= 11 is 0. The second-order valence-corrected chi connectivity index (χ2v) is 6.48. The second kappa shape index (κ2) is 8.52. The molecular formula is C22H23N3O3. The minimum absolute atomic E-state index is 0.311. The third kappa shape index (κ3) is 4.28. The molecule has 144 valence electrons. The minimum atomic E-state index is -0.891. The van der Waals surface area contributed by atoms with Crippen LogP contribution in [0.5, 0.6) is 0 Å². The molecule has 0 unspecified atom stereocenters. The van der Waals surface area contributed by atoms with E-state index in [4.69, 9.17) is 4.74 Å². The van der Waals surface area contributed by atoms with E-state index in [2.05, 4.69) is 10.4 Å². The molecule has 0 aliphatic heterocycles. The fraction of sp³-hybridized carbons (Fsp3) is 0.227. The van der Waals surface area contributed by atoms with Crippen LogP contribution in [0.3, 0.4) is 0 Å². The predicted molar refractivity (Wildman–Crippen MR) is 107 cm³/mol. The van der Waals surface area contributed by atoms with Crippen LogP contribution in [0.15, 0.2) is 60.8 Å². The van der Waals surface area contributed by atoms with Crippen LogP contribution in [-0.2, 0) is 9.53 Å². The summed E-state index contributed by atoms with van der Waals surface area (Å²) in [7, 11) is 0. The minimum Gasteiger partial charge on any atom is -0.449 e. The summed E-state index contributed by atoms with van der Waals surface area (Å²) in [5.41, 5.74) is 3.52. The molecule has 1 N–H and O–H groups in total. The maximum absolute atomic E-state index is 12.8. The van der Waals surface area contributed by atoms with Crippen LogP contribution in [0.25, 0.3) is 16.9 Å². The first-order chi connectivity index (χ1) is 13.5. The Morgan fingerprint density at radius 2 is 1.89 bits per heavy atom. The van der Waals surface area contributed by atoms with Crippen molar-refractivity contribution in [2.24, 2.45) is 0 Å². The van der Waals surface area contributed by atoms with Crippen LogP contribution in [0.2, 0.25) is 0 Å². The number of ether oxygens (including phenoxy) is 1. The molecule has 1 aromatic heterocycles. The zero-order valence-electron chi connectivity index (χ0n) is 16.2. The van der Waals surface area contributed by atoms with E-state index in [1.807, 2.05) is 68.4 Å². The molecule has 1 amide bonds. The van der Waals surface area contributed by atoms with Gasteiger partial charge >= 0.3 is 5.97 Å². The molecule has 0 aliphatic carbocycles. The highest BCUT2D eigenvalue weighted by molar-refractivity contribution is 5.97. The summed E-state index contributed by atoms with van der Waals surface area (Å²) in [6.45, 7) is 5.82. The molecular weight excluding hydrogens is 354 g/mol. The highest BCUT2D eigenvalue weighted by atomic mass is 16.5. The molecule has 2 aromatic carbocycles. The molecule has 28 heavy (non-hydrogen) atoms. The normalized spacial score (nSPS) is 11.7. The van der Waals surface area contributed by atoms with Crippen LogP contribution in [0, 0.1) is 6.92 Å². The van der Waals surface area contributed by atoms with E-state index in [0.717, 1.165) is 16.8 Å². The largest absolute Gasteiger partial charge is 0.449 e. The lowest BCUT2D eigenvalue weighted by Gasteiger charge is -2.12. The summed E-state index contributed by atoms with van der Waals surface area (Å²) in [5.74, 6) is -0.916. The molecule has 6 nitrogen and oxygen atoms in total. The van der Waals surface area contributed by atoms with Gasteiger partial charge in [0.1, 0.15) is 11.3 Å². The molecule has 6 heteroatoms. The summed E-state index contributed by atoms with van der Waals surface area (Å²) < 4.78 is 7.03. The van der Waals surface area contributed by atoms with Gasteiger partial charge < -0.3 is 10.1 Å². The van der Waals surface area contributed by atoms with Crippen molar-refractivity contribution in [3.05, 3.63) is 71.9 Å². The van der Waals surface area contributed by atoms with Crippen molar-refractivity contribution in [3.63, 3.8) is 0 Å². The zero-order chi connectivity index (χ0) is 20.1. The van der Waals surface area contributed by atoms with Gasteiger partial charge in [-0.3, -0.25) is 4.79 Å². The number of esters is 1. The summed E-state index contributed by atoms with van der Waals surface area (Å²) in [4.78, 5) is 24.8. The quantitative estimate of drug-likeness (QED) is 0.667. The third-order valence-electron chi connectivity index (χ3n) is 4.25. The fourth-order valence-corrected chi connectivity index (χ4v) is 2.84. The van der Waals surface area contributed by atoms with Gasteiger partial charge in [0.25, 0.3) is 5.91 Å². The van der Waals surface area contributed by atoms with E-state index in [1.165, 1.54) is 0 Å². The Labute approximate surface area is 164 Å². The number of likely N-dealkylation sites (N-methyl/N-ethyl adjacent to an activating group) is 1. The molecule has 1 atom stereocenters. The number of nitrogens with zero attached hydrogens (tertiary/aromatic N) is 2. The van der Waals surface area contributed by atoms with Crippen molar-refractivity contribution in [2.45, 2.75) is 26.9 Å². The number of hydrogen-bond donors (Lipinski definition) is 1. The monoisotopic (exact) mass is 377 g/mol. The SMILES string of the molecule is CCNC(=O)[C@@H](C)OC(=O)c1cn(-c2ccccc2)nc1-c1cccc(C)c1. The number of benzene rings is 2. The average molecular weight is 377 g/mol. The number of amides is 1. The van der Waals surface area contributed by atoms with Gasteiger partial charge in [0, 0.05) is 18.3 Å². The summed E-state index contributed by atoms with van der Waals surface area (Å²) in [6, 6.07) is 17.3. The molecule has 0 saturated carbocycles. The molecule has 3 aromatic rings. The van der Waals surface area contributed by atoms with Crippen molar-refractivity contribution in [2.75, 3.05) is 6.54 Å². The number of nitrogens with one attached hydrogen (secondary N) is 1. The Kier molecular flexibility index (Phi) is 5.89. The molecule has 0 saturated heterocycles. The van der Waals surface area contributed by atoms with Crippen molar-refractivity contribution in [3.8, 4) is 16.9 Å². The van der Waals surface area contributed by atoms with E-state index in [-0.39, 0.29) is 5.91 Å². The van der Waals surface area contributed by atoms with Crippen LogP contribution < -0.4 is 5.32 Å². The van der Waals surface area contributed by atoms with Crippen molar-refractivity contribution in [1.29, 1.82) is 0 Å². The first kappa shape index (κ1) is 19.4. The smallest absolute Gasteiger partial charge is 0.342 e. The fourth-order valence-electron chi connectivity index (χ4n) is 2.84. The predicted octanol–water partition coefficient (Wildman–Crippen LogP) is 3.53. The summed E-state index contributed by atoms with van der Waals surface area (Å²) in [5, 5.41) is 7.27. The first-order valence-corrected chi connectivity index (χ1v) is 9.20. The maximum Gasteiger partial charge on any atom is 0.342 e. The van der Waals surface area contributed by atoms with Gasteiger partial charge in [-0.25, -0.2) is 9.48 Å².